The Balaban J connectivity index is 2.41. The van der Waals surface area contributed by atoms with Gasteiger partial charge in [0.25, 0.3) is 0 Å². The lowest BCUT2D eigenvalue weighted by Gasteiger charge is -2.40. The van der Waals surface area contributed by atoms with Crippen molar-refractivity contribution >= 4 is 0 Å². The van der Waals surface area contributed by atoms with Gasteiger partial charge >= 0.3 is 0 Å². The lowest BCUT2D eigenvalue weighted by Crippen LogP contribution is -2.56. The van der Waals surface area contributed by atoms with Crippen LogP contribution in [0.25, 0.3) is 0 Å². The largest absolute Gasteiger partial charge is 0.311 e. The van der Waals surface area contributed by atoms with Gasteiger partial charge in [0, 0.05) is 31.6 Å². The van der Waals surface area contributed by atoms with Crippen molar-refractivity contribution in [3.05, 3.63) is 0 Å². The highest BCUT2D eigenvalue weighted by Crippen LogP contribution is 2.15. The van der Waals surface area contributed by atoms with Crippen molar-refractivity contribution in [1.82, 2.24) is 10.2 Å². The molecule has 17 heavy (non-hydrogen) atoms. The van der Waals surface area contributed by atoms with Crippen LogP contribution in [0.15, 0.2) is 0 Å². The van der Waals surface area contributed by atoms with Crippen LogP contribution in [0.1, 0.15) is 46.5 Å². The Morgan fingerprint density at radius 1 is 1.47 bits per heavy atom. The van der Waals surface area contributed by atoms with Crippen molar-refractivity contribution in [2.45, 2.75) is 58.5 Å². The van der Waals surface area contributed by atoms with Gasteiger partial charge in [0.1, 0.15) is 0 Å². The third-order valence-electron chi connectivity index (χ3n) is 3.61. The molecular formula is C15H28N2. The van der Waals surface area contributed by atoms with Crippen molar-refractivity contribution < 1.29 is 0 Å². The zero-order chi connectivity index (χ0) is 12.7. The summed E-state index contributed by atoms with van der Waals surface area (Å²) in [6, 6.07) is 1.37. The molecule has 1 N–H and O–H groups in total. The summed E-state index contributed by atoms with van der Waals surface area (Å²) in [5.74, 6) is 3.52. The molecule has 2 unspecified atom stereocenters. The second-order valence-electron chi connectivity index (χ2n) is 5.60. The van der Waals surface area contributed by atoms with E-state index in [1.54, 1.807) is 0 Å². The number of nitrogens with one attached hydrogen (secondary N) is 1. The highest BCUT2D eigenvalue weighted by Gasteiger charge is 2.26. The van der Waals surface area contributed by atoms with Gasteiger partial charge in [-0.2, -0.15) is 0 Å². The predicted octanol–water partition coefficient (Wildman–Crippen LogP) is 2.50. The first-order valence-electron chi connectivity index (χ1n) is 7.08. The Hall–Kier alpha value is -0.520. The Labute approximate surface area is 107 Å². The standard InChI is InChI=1S/C15H28N2/c1-5-7-8-9-17-12-14(10-13(3)4)16-11-15(17)6-2/h1,13-16H,6-12H2,2-4H3. The van der Waals surface area contributed by atoms with Gasteiger partial charge in [-0.3, -0.25) is 4.90 Å². The van der Waals surface area contributed by atoms with Crippen LogP contribution >= 0.6 is 0 Å². The van der Waals surface area contributed by atoms with Crippen molar-refractivity contribution in [2.24, 2.45) is 5.92 Å². The first-order valence-corrected chi connectivity index (χ1v) is 7.08. The fraction of sp³-hybridized carbons (Fsp3) is 0.867. The van der Waals surface area contributed by atoms with Gasteiger partial charge in [-0.1, -0.05) is 20.8 Å². The molecule has 0 aromatic rings. The van der Waals surface area contributed by atoms with E-state index in [9.17, 15) is 0 Å². The highest BCUT2D eigenvalue weighted by molar-refractivity contribution is 4.88. The first-order chi connectivity index (χ1) is 8.17. The van der Waals surface area contributed by atoms with E-state index in [-0.39, 0.29) is 0 Å². The fourth-order valence-electron chi connectivity index (χ4n) is 2.72. The Morgan fingerprint density at radius 2 is 2.24 bits per heavy atom. The van der Waals surface area contributed by atoms with Gasteiger partial charge in [-0.15, -0.1) is 12.3 Å². The molecule has 0 aromatic carbocycles. The third-order valence-corrected chi connectivity index (χ3v) is 3.61. The molecule has 0 bridgehead atoms. The number of nitrogens with zero attached hydrogens (tertiary/aromatic N) is 1. The van der Waals surface area contributed by atoms with Crippen molar-refractivity contribution in [1.29, 1.82) is 0 Å². The van der Waals surface area contributed by atoms with Crippen LogP contribution in [0.3, 0.4) is 0 Å². The summed E-state index contributed by atoms with van der Waals surface area (Å²) in [5.41, 5.74) is 0. The van der Waals surface area contributed by atoms with Crippen LogP contribution in [-0.4, -0.2) is 36.6 Å². The number of unbranched alkanes of at least 4 members (excludes halogenated alkanes) is 1. The van der Waals surface area contributed by atoms with Crippen LogP contribution < -0.4 is 5.32 Å². The summed E-state index contributed by atoms with van der Waals surface area (Å²) in [6.45, 7) is 10.4. The lowest BCUT2D eigenvalue weighted by atomic mass is 9.98. The first kappa shape index (κ1) is 14.5. The van der Waals surface area contributed by atoms with Crippen molar-refractivity contribution in [3.8, 4) is 12.3 Å². The lowest BCUT2D eigenvalue weighted by molar-refractivity contribution is 0.118. The van der Waals surface area contributed by atoms with Crippen LogP contribution in [0, 0.1) is 18.3 Å². The van der Waals surface area contributed by atoms with E-state index in [1.807, 2.05) is 0 Å². The van der Waals surface area contributed by atoms with Crippen molar-refractivity contribution in [2.75, 3.05) is 19.6 Å². The molecule has 1 heterocycles. The van der Waals surface area contributed by atoms with Gasteiger partial charge in [0.2, 0.25) is 0 Å². The van der Waals surface area contributed by atoms with Crippen LogP contribution in [-0.2, 0) is 0 Å². The molecule has 1 saturated heterocycles. The molecule has 1 fully saturated rings. The second kappa shape index (κ2) is 7.74. The van der Waals surface area contributed by atoms with E-state index in [0.29, 0.717) is 12.1 Å². The minimum absolute atomic E-state index is 0.670. The highest BCUT2D eigenvalue weighted by atomic mass is 15.2. The minimum Gasteiger partial charge on any atom is -0.311 e. The van der Waals surface area contributed by atoms with E-state index < -0.39 is 0 Å². The maximum Gasteiger partial charge on any atom is 0.0218 e. The summed E-state index contributed by atoms with van der Waals surface area (Å²) in [6.07, 6.45) is 9.89. The third kappa shape index (κ3) is 5.10. The Bertz CT molecular complexity index is 242. The van der Waals surface area contributed by atoms with Crippen LogP contribution in [0.2, 0.25) is 0 Å². The average Bonchev–Trinajstić information content (AvgIpc) is 2.29. The second-order valence-corrected chi connectivity index (χ2v) is 5.60. The molecule has 1 rings (SSSR count). The van der Waals surface area contributed by atoms with E-state index >= 15 is 0 Å². The number of hydrogen-bond donors (Lipinski definition) is 1. The van der Waals surface area contributed by atoms with Gasteiger partial charge in [0.05, 0.1) is 0 Å². The summed E-state index contributed by atoms with van der Waals surface area (Å²) >= 11 is 0. The molecule has 0 saturated carbocycles. The molecular weight excluding hydrogens is 208 g/mol. The Morgan fingerprint density at radius 3 is 2.82 bits per heavy atom. The topological polar surface area (TPSA) is 15.3 Å². The molecule has 0 radical (unpaired) electrons. The molecule has 0 aliphatic carbocycles. The van der Waals surface area contributed by atoms with E-state index in [1.165, 1.54) is 25.9 Å². The fourth-order valence-corrected chi connectivity index (χ4v) is 2.72. The monoisotopic (exact) mass is 236 g/mol. The molecule has 1 aliphatic heterocycles. The Kier molecular flexibility index (Phi) is 6.62. The van der Waals surface area contributed by atoms with Crippen LogP contribution in [0.5, 0.6) is 0 Å². The van der Waals surface area contributed by atoms with Crippen LogP contribution in [0.4, 0.5) is 0 Å². The molecule has 1 aliphatic rings. The number of terminal acetylenes is 1. The summed E-state index contributed by atoms with van der Waals surface area (Å²) < 4.78 is 0. The van der Waals surface area contributed by atoms with E-state index in [0.717, 1.165) is 25.3 Å². The van der Waals surface area contributed by atoms with E-state index in [2.05, 4.69) is 36.9 Å². The maximum absolute atomic E-state index is 5.32. The predicted molar refractivity (Wildman–Crippen MR) is 75.0 cm³/mol. The van der Waals surface area contributed by atoms with E-state index in [4.69, 9.17) is 6.42 Å². The number of rotatable bonds is 6. The minimum atomic E-state index is 0.670. The smallest absolute Gasteiger partial charge is 0.0218 e. The zero-order valence-electron chi connectivity index (χ0n) is 11.7. The molecule has 0 aromatic heterocycles. The molecule has 0 amide bonds. The van der Waals surface area contributed by atoms with Crippen molar-refractivity contribution in [3.63, 3.8) is 0 Å². The number of hydrogen-bond acceptors (Lipinski definition) is 2. The van der Waals surface area contributed by atoms with Gasteiger partial charge in [-0.05, 0) is 31.7 Å². The molecule has 98 valence electrons. The number of piperazine rings is 1. The quantitative estimate of drug-likeness (QED) is 0.563. The molecule has 0 spiro atoms. The zero-order valence-corrected chi connectivity index (χ0v) is 11.7. The SMILES string of the molecule is C#CCCCN1CC(CC(C)C)NCC1CC. The molecule has 2 atom stereocenters. The maximum atomic E-state index is 5.32. The summed E-state index contributed by atoms with van der Waals surface area (Å²) in [5, 5.41) is 3.69. The van der Waals surface area contributed by atoms with Gasteiger partial charge in [0.15, 0.2) is 0 Å². The summed E-state index contributed by atoms with van der Waals surface area (Å²) in [4.78, 5) is 2.64. The summed E-state index contributed by atoms with van der Waals surface area (Å²) in [7, 11) is 0. The average molecular weight is 236 g/mol. The normalized spacial score (nSPS) is 26.1. The molecule has 2 heteroatoms. The van der Waals surface area contributed by atoms with Gasteiger partial charge < -0.3 is 5.32 Å². The van der Waals surface area contributed by atoms with Gasteiger partial charge in [-0.25, -0.2) is 0 Å². The molecule has 2 nitrogen and oxygen atoms in total.